The molecule has 0 aromatic rings. The number of unbranched alkanes of at least 4 members (excludes halogenated alkanes) is 1. The summed E-state index contributed by atoms with van der Waals surface area (Å²) in [6.07, 6.45) is 3.11. The summed E-state index contributed by atoms with van der Waals surface area (Å²) in [5.74, 6) is -0.645. The molecular formula is C14H24O4. The van der Waals surface area contributed by atoms with Crippen LogP contribution < -0.4 is 0 Å². The van der Waals surface area contributed by atoms with Crippen molar-refractivity contribution >= 4 is 11.9 Å². The number of hydrogen-bond acceptors (Lipinski definition) is 4. The third-order valence-electron chi connectivity index (χ3n) is 1.60. The van der Waals surface area contributed by atoms with Crippen molar-refractivity contribution in [1.82, 2.24) is 0 Å². The lowest BCUT2D eigenvalue weighted by molar-refractivity contribution is -0.142. The molecule has 0 aromatic carbocycles. The summed E-state index contributed by atoms with van der Waals surface area (Å²) in [6.45, 7) is 14.5. The predicted molar refractivity (Wildman–Crippen MR) is 72.1 cm³/mol. The number of rotatable bonds is 6. The fraction of sp³-hybridized carbons (Fsp3) is 0.571. The molecule has 0 saturated heterocycles. The van der Waals surface area contributed by atoms with Crippen LogP contribution in [-0.4, -0.2) is 24.6 Å². The minimum absolute atomic E-state index is 0.0470. The monoisotopic (exact) mass is 256 g/mol. The molecule has 0 saturated carbocycles. The van der Waals surface area contributed by atoms with Gasteiger partial charge in [0.15, 0.2) is 0 Å². The highest BCUT2D eigenvalue weighted by molar-refractivity contribution is 5.87. The van der Waals surface area contributed by atoms with E-state index in [0.717, 1.165) is 12.8 Å². The summed E-state index contributed by atoms with van der Waals surface area (Å²) in [7, 11) is 0. The fourth-order valence-electron chi connectivity index (χ4n) is 0.691. The van der Waals surface area contributed by atoms with Crippen molar-refractivity contribution in [2.24, 2.45) is 0 Å². The number of hydrogen-bond donors (Lipinski definition) is 0. The largest absolute Gasteiger partial charge is 0.463 e. The molecule has 0 unspecified atom stereocenters. The molecule has 4 nitrogen and oxygen atoms in total. The van der Waals surface area contributed by atoms with E-state index < -0.39 is 0 Å². The van der Waals surface area contributed by atoms with E-state index in [0.29, 0.717) is 12.2 Å². The van der Waals surface area contributed by atoms with Crippen LogP contribution in [0.3, 0.4) is 0 Å². The lowest BCUT2D eigenvalue weighted by atomic mass is 10.3. The van der Waals surface area contributed by atoms with Crippen LogP contribution in [0.1, 0.15) is 40.5 Å². The van der Waals surface area contributed by atoms with Crippen LogP contribution in [0.25, 0.3) is 0 Å². The summed E-state index contributed by atoms with van der Waals surface area (Å²) in [4.78, 5) is 21.0. The maximum atomic E-state index is 10.6. The Morgan fingerprint density at radius 3 is 2.17 bits per heavy atom. The lowest BCUT2D eigenvalue weighted by Gasteiger charge is -2.05. The van der Waals surface area contributed by atoms with Gasteiger partial charge in [-0.05, 0) is 27.2 Å². The number of carbonyl (C=O) groups excluding carboxylic acids is 2. The Kier molecular flexibility index (Phi) is 12.4. The molecule has 0 N–H and O–H groups in total. The molecule has 0 radical (unpaired) electrons. The second-order valence-electron chi connectivity index (χ2n) is 3.96. The smallest absolute Gasteiger partial charge is 0.333 e. The molecular weight excluding hydrogens is 232 g/mol. The zero-order chi connectivity index (χ0) is 14.6. The van der Waals surface area contributed by atoms with E-state index in [1.165, 1.54) is 6.08 Å². The van der Waals surface area contributed by atoms with Crippen LogP contribution in [0.15, 0.2) is 24.8 Å². The van der Waals surface area contributed by atoms with Crippen molar-refractivity contribution in [3.63, 3.8) is 0 Å². The minimum Gasteiger partial charge on any atom is -0.463 e. The minimum atomic E-state index is -0.330. The maximum Gasteiger partial charge on any atom is 0.333 e. The Bertz CT molecular complexity index is 280. The topological polar surface area (TPSA) is 52.6 Å². The van der Waals surface area contributed by atoms with Gasteiger partial charge in [0.25, 0.3) is 0 Å². The van der Waals surface area contributed by atoms with Gasteiger partial charge in [-0.1, -0.05) is 26.5 Å². The number of carbonyl (C=O) groups is 2. The molecule has 0 heterocycles. The predicted octanol–water partition coefficient (Wildman–Crippen LogP) is 3.03. The molecule has 0 amide bonds. The van der Waals surface area contributed by atoms with Gasteiger partial charge in [-0.25, -0.2) is 9.59 Å². The molecule has 18 heavy (non-hydrogen) atoms. The van der Waals surface area contributed by atoms with Crippen molar-refractivity contribution in [2.45, 2.75) is 46.6 Å². The van der Waals surface area contributed by atoms with Crippen molar-refractivity contribution < 1.29 is 19.1 Å². The standard InChI is InChI=1S/2C7H12O2/c1-5(2)7(8)9-6(3)4;1-3-5-6-9-7(8)4-2/h6H,1H2,2-4H3;4H,2-3,5-6H2,1H3. The first kappa shape index (κ1) is 18.8. The van der Waals surface area contributed by atoms with Gasteiger partial charge in [-0.3, -0.25) is 0 Å². The number of ether oxygens (including phenoxy) is 2. The first-order valence-electron chi connectivity index (χ1n) is 6.00. The molecule has 0 aliphatic heterocycles. The molecule has 4 heteroatoms. The van der Waals surface area contributed by atoms with E-state index in [-0.39, 0.29) is 18.0 Å². The van der Waals surface area contributed by atoms with E-state index in [9.17, 15) is 9.59 Å². The SMILES string of the molecule is C=C(C)C(=O)OC(C)C.C=CC(=O)OCCCC. The summed E-state index contributed by atoms with van der Waals surface area (Å²) in [5.41, 5.74) is 0.448. The lowest BCUT2D eigenvalue weighted by Crippen LogP contribution is -2.11. The number of esters is 2. The Balaban J connectivity index is 0. The zero-order valence-electron chi connectivity index (χ0n) is 11.8. The molecule has 0 aliphatic rings. The van der Waals surface area contributed by atoms with Gasteiger partial charge in [0, 0.05) is 11.6 Å². The first-order valence-corrected chi connectivity index (χ1v) is 6.00. The van der Waals surface area contributed by atoms with Gasteiger partial charge < -0.3 is 9.47 Å². The van der Waals surface area contributed by atoms with Crippen LogP contribution in [0.5, 0.6) is 0 Å². The summed E-state index contributed by atoms with van der Waals surface area (Å²) >= 11 is 0. The van der Waals surface area contributed by atoms with Gasteiger partial charge in [0.1, 0.15) is 0 Å². The van der Waals surface area contributed by atoms with Crippen molar-refractivity contribution in [3.8, 4) is 0 Å². The Morgan fingerprint density at radius 1 is 1.33 bits per heavy atom. The second-order valence-corrected chi connectivity index (χ2v) is 3.96. The summed E-state index contributed by atoms with van der Waals surface area (Å²) in [6, 6.07) is 0. The molecule has 0 fully saturated rings. The second kappa shape index (κ2) is 11.9. The third-order valence-corrected chi connectivity index (χ3v) is 1.60. The van der Waals surface area contributed by atoms with Crippen LogP contribution in [-0.2, 0) is 19.1 Å². The highest BCUT2D eigenvalue weighted by Crippen LogP contribution is 1.95. The Hall–Kier alpha value is -1.58. The van der Waals surface area contributed by atoms with Crippen LogP contribution in [0, 0.1) is 0 Å². The van der Waals surface area contributed by atoms with Crippen LogP contribution >= 0.6 is 0 Å². The van der Waals surface area contributed by atoms with E-state index in [4.69, 9.17) is 4.74 Å². The molecule has 0 aliphatic carbocycles. The van der Waals surface area contributed by atoms with Crippen LogP contribution in [0.2, 0.25) is 0 Å². The van der Waals surface area contributed by atoms with Crippen LogP contribution in [0.4, 0.5) is 0 Å². The molecule has 0 atom stereocenters. The van der Waals surface area contributed by atoms with E-state index in [2.05, 4.69) is 17.9 Å². The molecule has 104 valence electrons. The van der Waals surface area contributed by atoms with Crippen molar-refractivity contribution in [1.29, 1.82) is 0 Å². The van der Waals surface area contributed by atoms with Crippen molar-refractivity contribution in [3.05, 3.63) is 24.8 Å². The average molecular weight is 256 g/mol. The summed E-state index contributed by atoms with van der Waals surface area (Å²) < 4.78 is 9.45. The van der Waals surface area contributed by atoms with Gasteiger partial charge >= 0.3 is 11.9 Å². The molecule has 0 aromatic heterocycles. The first-order chi connectivity index (χ1) is 8.34. The van der Waals surface area contributed by atoms with E-state index in [1.54, 1.807) is 20.8 Å². The molecule has 0 rings (SSSR count). The Morgan fingerprint density at radius 2 is 1.89 bits per heavy atom. The van der Waals surface area contributed by atoms with Gasteiger partial charge in [-0.2, -0.15) is 0 Å². The quantitative estimate of drug-likeness (QED) is 0.416. The zero-order valence-corrected chi connectivity index (χ0v) is 11.8. The Labute approximate surface area is 110 Å². The fourth-order valence-corrected chi connectivity index (χ4v) is 0.691. The summed E-state index contributed by atoms with van der Waals surface area (Å²) in [5, 5.41) is 0. The molecule has 0 bridgehead atoms. The molecule has 0 spiro atoms. The highest BCUT2D eigenvalue weighted by Gasteiger charge is 2.03. The van der Waals surface area contributed by atoms with E-state index >= 15 is 0 Å². The van der Waals surface area contributed by atoms with Gasteiger partial charge in [0.05, 0.1) is 12.7 Å². The highest BCUT2D eigenvalue weighted by atomic mass is 16.5. The maximum absolute atomic E-state index is 10.6. The normalized spacial score (nSPS) is 8.94. The van der Waals surface area contributed by atoms with Gasteiger partial charge in [-0.15, -0.1) is 0 Å². The third kappa shape index (κ3) is 14.4. The van der Waals surface area contributed by atoms with Crippen molar-refractivity contribution in [2.75, 3.05) is 6.61 Å². The average Bonchev–Trinajstić information content (AvgIpc) is 2.29. The van der Waals surface area contributed by atoms with Gasteiger partial charge in [0.2, 0.25) is 0 Å². The van der Waals surface area contributed by atoms with E-state index in [1.807, 2.05) is 6.92 Å².